The van der Waals surface area contributed by atoms with Gasteiger partial charge in [-0.15, -0.1) is 0 Å². The molecule has 0 saturated heterocycles. The molecule has 1 N–H and O–H groups in total. The summed E-state index contributed by atoms with van der Waals surface area (Å²) < 4.78 is 0. The van der Waals surface area contributed by atoms with Crippen LogP contribution in [-0.2, 0) is 13.0 Å². The Morgan fingerprint density at radius 2 is 1.89 bits per heavy atom. The lowest BCUT2D eigenvalue weighted by molar-refractivity contribution is -0.383. The second kappa shape index (κ2) is 7.61. The number of halogens is 2. The van der Waals surface area contributed by atoms with E-state index < -0.39 is 4.92 Å². The maximum Gasteiger partial charge on any atom is 0.353 e. The van der Waals surface area contributed by atoms with Crippen LogP contribution >= 0.6 is 23.2 Å². The molecule has 0 amide bonds. The van der Waals surface area contributed by atoms with Gasteiger partial charge in [0.1, 0.15) is 6.33 Å². The predicted molar refractivity (Wildman–Crippen MR) is 110 cm³/mol. The Morgan fingerprint density at radius 1 is 1.11 bits per heavy atom. The zero-order chi connectivity index (χ0) is 19.7. The summed E-state index contributed by atoms with van der Waals surface area (Å²) in [6, 6.07) is 12.9. The van der Waals surface area contributed by atoms with E-state index in [4.69, 9.17) is 23.2 Å². The first-order valence-electron chi connectivity index (χ1n) is 8.56. The minimum absolute atomic E-state index is 0.0676. The molecular formula is C19H15Cl2N5O2. The van der Waals surface area contributed by atoms with Crippen molar-refractivity contribution < 1.29 is 4.92 Å². The monoisotopic (exact) mass is 415 g/mol. The molecule has 0 fully saturated rings. The number of anilines is 3. The zero-order valence-electron chi connectivity index (χ0n) is 14.6. The van der Waals surface area contributed by atoms with Crippen LogP contribution in [-0.4, -0.2) is 21.4 Å². The smallest absolute Gasteiger partial charge is 0.346 e. The number of hydrogen-bond acceptors (Lipinski definition) is 6. The third kappa shape index (κ3) is 3.58. The SMILES string of the molecule is O=[N+]([O-])c1c(Nc2cc(Cl)ccc2Cl)ncnc1N1CCc2ccccc2C1. The van der Waals surface area contributed by atoms with Crippen molar-refractivity contribution in [2.24, 2.45) is 0 Å². The van der Waals surface area contributed by atoms with Crippen LogP contribution in [0.25, 0.3) is 0 Å². The Bertz CT molecular complexity index is 1060. The topological polar surface area (TPSA) is 84.2 Å². The lowest BCUT2D eigenvalue weighted by atomic mass is 10.00. The third-order valence-electron chi connectivity index (χ3n) is 4.60. The van der Waals surface area contributed by atoms with E-state index in [1.54, 1.807) is 18.2 Å². The summed E-state index contributed by atoms with van der Waals surface area (Å²) in [6.45, 7) is 1.18. The maximum absolute atomic E-state index is 11.9. The summed E-state index contributed by atoms with van der Waals surface area (Å²) in [5.74, 6) is 0.341. The normalized spacial score (nSPS) is 13.1. The molecule has 3 aromatic rings. The molecule has 0 aliphatic carbocycles. The van der Waals surface area contributed by atoms with Crippen molar-refractivity contribution in [1.29, 1.82) is 0 Å². The first kappa shape index (κ1) is 18.5. The van der Waals surface area contributed by atoms with E-state index in [-0.39, 0.29) is 17.3 Å². The number of hydrogen-bond donors (Lipinski definition) is 1. The molecule has 0 bridgehead atoms. The van der Waals surface area contributed by atoms with Crippen LogP contribution in [0, 0.1) is 10.1 Å². The van der Waals surface area contributed by atoms with E-state index in [1.807, 2.05) is 23.1 Å². The van der Waals surface area contributed by atoms with Crippen LogP contribution in [0.3, 0.4) is 0 Å². The van der Waals surface area contributed by atoms with Gasteiger partial charge >= 0.3 is 5.69 Å². The van der Waals surface area contributed by atoms with E-state index in [0.717, 1.165) is 12.0 Å². The Balaban J connectivity index is 1.72. The molecular weight excluding hydrogens is 401 g/mol. The van der Waals surface area contributed by atoms with E-state index in [2.05, 4.69) is 21.4 Å². The van der Waals surface area contributed by atoms with E-state index >= 15 is 0 Å². The van der Waals surface area contributed by atoms with Crippen LogP contribution in [0.1, 0.15) is 11.1 Å². The van der Waals surface area contributed by atoms with Crippen molar-refractivity contribution in [2.45, 2.75) is 13.0 Å². The van der Waals surface area contributed by atoms with E-state index in [9.17, 15) is 10.1 Å². The second-order valence-corrected chi connectivity index (χ2v) is 7.18. The molecule has 28 heavy (non-hydrogen) atoms. The molecule has 2 heterocycles. The molecule has 0 atom stereocenters. The van der Waals surface area contributed by atoms with Crippen molar-refractivity contribution >= 4 is 46.2 Å². The van der Waals surface area contributed by atoms with Crippen LogP contribution in [0.15, 0.2) is 48.8 Å². The molecule has 2 aromatic carbocycles. The van der Waals surface area contributed by atoms with Gasteiger partial charge in [0, 0.05) is 18.1 Å². The molecule has 4 rings (SSSR count). The third-order valence-corrected chi connectivity index (χ3v) is 5.16. The highest BCUT2D eigenvalue weighted by atomic mass is 35.5. The molecule has 1 aliphatic rings. The van der Waals surface area contributed by atoms with Gasteiger partial charge in [0.05, 0.1) is 15.6 Å². The van der Waals surface area contributed by atoms with Gasteiger partial charge in [-0.3, -0.25) is 10.1 Å². The van der Waals surface area contributed by atoms with Crippen LogP contribution < -0.4 is 10.2 Å². The lowest BCUT2D eigenvalue weighted by Gasteiger charge is -2.29. The Hall–Kier alpha value is -2.90. The van der Waals surface area contributed by atoms with Crippen LogP contribution in [0.5, 0.6) is 0 Å². The number of aromatic nitrogens is 2. The molecule has 0 spiro atoms. The maximum atomic E-state index is 11.9. The average Bonchev–Trinajstić information content (AvgIpc) is 2.70. The Kier molecular flexibility index (Phi) is 5.02. The highest BCUT2D eigenvalue weighted by Gasteiger charge is 2.29. The minimum atomic E-state index is -0.476. The summed E-state index contributed by atoms with van der Waals surface area (Å²) >= 11 is 12.2. The molecule has 0 radical (unpaired) electrons. The fraction of sp³-hybridized carbons (Fsp3) is 0.158. The fourth-order valence-electron chi connectivity index (χ4n) is 3.26. The van der Waals surface area contributed by atoms with Crippen LogP contribution in [0.2, 0.25) is 10.0 Å². The summed E-state index contributed by atoms with van der Waals surface area (Å²) in [7, 11) is 0. The number of rotatable bonds is 4. The molecule has 0 saturated carbocycles. The van der Waals surface area contributed by atoms with Crippen molar-refractivity contribution in [1.82, 2.24) is 9.97 Å². The molecule has 1 aliphatic heterocycles. The van der Waals surface area contributed by atoms with Gasteiger partial charge in [0.25, 0.3) is 0 Å². The average molecular weight is 416 g/mol. The second-order valence-electron chi connectivity index (χ2n) is 6.34. The lowest BCUT2D eigenvalue weighted by Crippen LogP contribution is -2.31. The van der Waals surface area contributed by atoms with Crippen molar-refractivity contribution in [3.8, 4) is 0 Å². The largest absolute Gasteiger partial charge is 0.353 e. The zero-order valence-corrected chi connectivity index (χ0v) is 16.1. The summed E-state index contributed by atoms with van der Waals surface area (Å²) in [4.78, 5) is 21.6. The predicted octanol–water partition coefficient (Wildman–Crippen LogP) is 5.00. The Morgan fingerprint density at radius 3 is 2.68 bits per heavy atom. The number of nitro groups is 1. The quantitative estimate of drug-likeness (QED) is 0.476. The first-order chi connectivity index (χ1) is 13.5. The molecule has 142 valence electrons. The highest BCUT2D eigenvalue weighted by Crippen LogP contribution is 2.37. The number of benzene rings is 2. The van der Waals surface area contributed by atoms with E-state index in [1.165, 1.54) is 11.9 Å². The minimum Gasteiger partial charge on any atom is -0.346 e. The van der Waals surface area contributed by atoms with Crippen molar-refractivity contribution in [3.63, 3.8) is 0 Å². The van der Waals surface area contributed by atoms with Gasteiger partial charge in [-0.05, 0) is 35.7 Å². The van der Waals surface area contributed by atoms with Gasteiger partial charge in [-0.1, -0.05) is 47.5 Å². The van der Waals surface area contributed by atoms with Gasteiger partial charge < -0.3 is 10.2 Å². The highest BCUT2D eigenvalue weighted by molar-refractivity contribution is 6.35. The van der Waals surface area contributed by atoms with Crippen LogP contribution in [0.4, 0.5) is 23.0 Å². The number of nitrogens with one attached hydrogen (secondary N) is 1. The van der Waals surface area contributed by atoms with Gasteiger partial charge in [0.15, 0.2) is 0 Å². The standard InChI is InChI=1S/C19H15Cl2N5O2/c20-14-5-6-15(21)16(9-14)24-18-17(26(27)28)19(23-11-22-18)25-8-7-12-3-1-2-4-13(12)10-25/h1-6,9,11H,7-8,10H2,(H,22,23,24). The summed E-state index contributed by atoms with van der Waals surface area (Å²) in [6.07, 6.45) is 2.10. The van der Waals surface area contributed by atoms with Gasteiger partial charge in [-0.2, -0.15) is 0 Å². The first-order valence-corrected chi connectivity index (χ1v) is 9.31. The number of nitrogens with zero attached hydrogens (tertiary/aromatic N) is 4. The Labute approximate surface area is 171 Å². The van der Waals surface area contributed by atoms with Gasteiger partial charge in [-0.25, -0.2) is 9.97 Å². The summed E-state index contributed by atoms with van der Waals surface area (Å²) in [5.41, 5.74) is 2.62. The molecule has 1 aromatic heterocycles. The van der Waals surface area contributed by atoms with Gasteiger partial charge in [0.2, 0.25) is 11.6 Å². The van der Waals surface area contributed by atoms with Crippen molar-refractivity contribution in [2.75, 3.05) is 16.8 Å². The molecule has 7 nitrogen and oxygen atoms in total. The fourth-order valence-corrected chi connectivity index (χ4v) is 3.59. The van der Waals surface area contributed by atoms with E-state index in [0.29, 0.717) is 28.8 Å². The van der Waals surface area contributed by atoms with Crippen molar-refractivity contribution in [3.05, 3.63) is 80.1 Å². The molecule has 0 unspecified atom stereocenters. The molecule has 9 heteroatoms. The summed E-state index contributed by atoms with van der Waals surface area (Å²) in [5, 5.41) is 15.6. The number of fused-ring (bicyclic) bond motifs is 1.